The van der Waals surface area contributed by atoms with Crippen molar-refractivity contribution in [2.24, 2.45) is 0 Å². The highest BCUT2D eigenvalue weighted by Crippen LogP contribution is 2.29. The number of hydrogen-bond acceptors (Lipinski definition) is 2. The molecule has 4 heteroatoms. The Morgan fingerprint density at radius 2 is 1.78 bits per heavy atom. The maximum atomic E-state index is 13.3. The first-order chi connectivity index (χ1) is 8.49. The summed E-state index contributed by atoms with van der Waals surface area (Å²) in [5, 5.41) is 2.96. The minimum Gasteiger partial charge on any atom is -0.395 e. The van der Waals surface area contributed by atoms with E-state index in [2.05, 4.69) is 5.32 Å². The van der Waals surface area contributed by atoms with E-state index in [1.54, 1.807) is 0 Å². The first-order valence-electron chi connectivity index (χ1n) is 5.57. The number of anilines is 3. The summed E-state index contributed by atoms with van der Waals surface area (Å²) in [4.78, 5) is 0. The van der Waals surface area contributed by atoms with Crippen LogP contribution in [0, 0.1) is 25.5 Å². The van der Waals surface area contributed by atoms with E-state index in [0.29, 0.717) is 0 Å². The van der Waals surface area contributed by atoms with E-state index in [4.69, 9.17) is 5.73 Å². The van der Waals surface area contributed by atoms with E-state index < -0.39 is 11.6 Å². The molecule has 0 unspecified atom stereocenters. The van der Waals surface area contributed by atoms with Crippen LogP contribution in [0.15, 0.2) is 30.3 Å². The lowest BCUT2D eigenvalue weighted by Gasteiger charge is -2.13. The number of benzene rings is 2. The highest BCUT2D eigenvalue weighted by atomic mass is 19.1. The monoisotopic (exact) mass is 248 g/mol. The zero-order chi connectivity index (χ0) is 13.3. The molecule has 0 bridgehead atoms. The Hall–Kier alpha value is -2.10. The Balaban J connectivity index is 2.43. The van der Waals surface area contributed by atoms with Crippen LogP contribution in [-0.2, 0) is 0 Å². The first kappa shape index (κ1) is 12.4. The molecule has 0 radical (unpaired) electrons. The molecule has 2 aromatic carbocycles. The Kier molecular flexibility index (Phi) is 3.19. The smallest absolute Gasteiger partial charge is 0.151 e. The summed E-state index contributed by atoms with van der Waals surface area (Å²) in [6, 6.07) is 7.63. The maximum absolute atomic E-state index is 13.3. The fourth-order valence-electron chi connectivity index (χ4n) is 1.72. The maximum Gasteiger partial charge on any atom is 0.151 e. The van der Waals surface area contributed by atoms with Gasteiger partial charge in [-0.25, -0.2) is 8.78 Å². The van der Waals surface area contributed by atoms with E-state index in [-0.39, 0.29) is 11.4 Å². The molecule has 0 amide bonds. The third-order valence-corrected chi connectivity index (χ3v) is 2.97. The Bertz CT molecular complexity index is 595. The molecule has 0 atom stereocenters. The molecule has 2 aromatic rings. The SMILES string of the molecule is Cc1cccc(Nc2cc(F)cc(F)c2N)c1C. The van der Waals surface area contributed by atoms with Crippen LogP contribution in [0.25, 0.3) is 0 Å². The van der Waals surface area contributed by atoms with Crippen molar-refractivity contribution in [2.45, 2.75) is 13.8 Å². The summed E-state index contributed by atoms with van der Waals surface area (Å²) < 4.78 is 26.5. The number of halogens is 2. The number of nitrogen functional groups attached to an aromatic ring is 1. The van der Waals surface area contributed by atoms with Gasteiger partial charge < -0.3 is 11.1 Å². The second-order valence-corrected chi connectivity index (χ2v) is 4.22. The van der Waals surface area contributed by atoms with Gasteiger partial charge in [0.25, 0.3) is 0 Å². The van der Waals surface area contributed by atoms with Gasteiger partial charge in [0.15, 0.2) is 5.82 Å². The molecule has 0 saturated heterocycles. The van der Waals surface area contributed by atoms with Crippen LogP contribution < -0.4 is 11.1 Å². The van der Waals surface area contributed by atoms with Gasteiger partial charge in [0, 0.05) is 11.8 Å². The van der Waals surface area contributed by atoms with Crippen LogP contribution in [0.4, 0.5) is 25.8 Å². The van der Waals surface area contributed by atoms with Gasteiger partial charge in [-0.3, -0.25) is 0 Å². The summed E-state index contributed by atoms with van der Waals surface area (Å²) in [5.74, 6) is -1.42. The molecular weight excluding hydrogens is 234 g/mol. The van der Waals surface area contributed by atoms with Crippen LogP contribution in [0.1, 0.15) is 11.1 Å². The summed E-state index contributed by atoms with van der Waals surface area (Å²) in [5.41, 5.74) is 8.63. The Labute approximate surface area is 104 Å². The van der Waals surface area contributed by atoms with E-state index in [1.807, 2.05) is 32.0 Å². The van der Waals surface area contributed by atoms with E-state index in [0.717, 1.165) is 22.9 Å². The Morgan fingerprint density at radius 1 is 1.06 bits per heavy atom. The van der Waals surface area contributed by atoms with Gasteiger partial charge in [-0.2, -0.15) is 0 Å². The molecule has 2 rings (SSSR count). The lowest BCUT2D eigenvalue weighted by molar-refractivity contribution is 0.587. The van der Waals surface area contributed by atoms with Gasteiger partial charge in [0.2, 0.25) is 0 Å². The van der Waals surface area contributed by atoms with Gasteiger partial charge in [0.1, 0.15) is 5.82 Å². The van der Waals surface area contributed by atoms with Crippen LogP contribution in [0.2, 0.25) is 0 Å². The predicted octanol–water partition coefficient (Wildman–Crippen LogP) is 3.91. The fraction of sp³-hybridized carbons (Fsp3) is 0.143. The predicted molar refractivity (Wildman–Crippen MR) is 70.0 cm³/mol. The fourth-order valence-corrected chi connectivity index (χ4v) is 1.72. The zero-order valence-electron chi connectivity index (χ0n) is 10.2. The van der Waals surface area contributed by atoms with Crippen molar-refractivity contribution in [3.8, 4) is 0 Å². The second-order valence-electron chi connectivity index (χ2n) is 4.22. The van der Waals surface area contributed by atoms with Gasteiger partial charge >= 0.3 is 0 Å². The van der Waals surface area contributed by atoms with Crippen molar-refractivity contribution in [2.75, 3.05) is 11.1 Å². The van der Waals surface area contributed by atoms with Crippen molar-refractivity contribution in [3.05, 3.63) is 53.1 Å². The van der Waals surface area contributed by atoms with E-state index in [9.17, 15) is 8.78 Å². The van der Waals surface area contributed by atoms with E-state index >= 15 is 0 Å². The number of aryl methyl sites for hydroxylation is 1. The topological polar surface area (TPSA) is 38.0 Å². The van der Waals surface area contributed by atoms with Gasteiger partial charge in [0.05, 0.1) is 11.4 Å². The Morgan fingerprint density at radius 3 is 2.50 bits per heavy atom. The van der Waals surface area contributed by atoms with Crippen molar-refractivity contribution in [1.29, 1.82) is 0 Å². The quantitative estimate of drug-likeness (QED) is 0.791. The summed E-state index contributed by atoms with van der Waals surface area (Å²) >= 11 is 0. The average molecular weight is 248 g/mol. The lowest BCUT2D eigenvalue weighted by Crippen LogP contribution is -2.01. The summed E-state index contributed by atoms with van der Waals surface area (Å²) in [7, 11) is 0. The molecule has 0 aromatic heterocycles. The molecular formula is C14H14F2N2. The molecule has 0 spiro atoms. The van der Waals surface area contributed by atoms with Gasteiger partial charge in [-0.1, -0.05) is 12.1 Å². The lowest BCUT2D eigenvalue weighted by atomic mass is 10.1. The normalized spacial score (nSPS) is 10.4. The van der Waals surface area contributed by atoms with Crippen LogP contribution in [0.5, 0.6) is 0 Å². The highest BCUT2D eigenvalue weighted by molar-refractivity contribution is 5.74. The van der Waals surface area contributed by atoms with Crippen LogP contribution in [0.3, 0.4) is 0 Å². The molecule has 2 nitrogen and oxygen atoms in total. The minimum atomic E-state index is -0.761. The van der Waals surface area contributed by atoms with Crippen LogP contribution >= 0.6 is 0 Å². The molecule has 0 heterocycles. The largest absolute Gasteiger partial charge is 0.395 e. The molecule has 0 aliphatic carbocycles. The number of nitrogens with two attached hydrogens (primary N) is 1. The van der Waals surface area contributed by atoms with Gasteiger partial charge in [-0.15, -0.1) is 0 Å². The third-order valence-electron chi connectivity index (χ3n) is 2.97. The summed E-state index contributed by atoms with van der Waals surface area (Å²) in [6.07, 6.45) is 0. The molecule has 18 heavy (non-hydrogen) atoms. The van der Waals surface area contributed by atoms with Crippen molar-refractivity contribution >= 4 is 17.1 Å². The van der Waals surface area contributed by atoms with Crippen molar-refractivity contribution in [1.82, 2.24) is 0 Å². The molecule has 0 aliphatic rings. The van der Waals surface area contributed by atoms with E-state index in [1.165, 1.54) is 6.07 Å². The average Bonchev–Trinajstić information content (AvgIpc) is 2.31. The number of nitrogens with one attached hydrogen (secondary N) is 1. The third kappa shape index (κ3) is 2.27. The van der Waals surface area contributed by atoms with Gasteiger partial charge in [-0.05, 0) is 37.1 Å². The van der Waals surface area contributed by atoms with Crippen molar-refractivity contribution < 1.29 is 8.78 Å². The standard InChI is InChI=1S/C14H14F2N2/c1-8-4-3-5-12(9(8)2)18-13-7-10(15)6-11(16)14(13)17/h3-7,18H,17H2,1-2H3. The molecule has 3 N–H and O–H groups in total. The molecule has 0 saturated carbocycles. The minimum absolute atomic E-state index is 0.0858. The first-order valence-corrected chi connectivity index (χ1v) is 5.57. The molecule has 94 valence electrons. The zero-order valence-corrected chi connectivity index (χ0v) is 10.2. The number of hydrogen-bond donors (Lipinski definition) is 2. The van der Waals surface area contributed by atoms with Crippen molar-refractivity contribution in [3.63, 3.8) is 0 Å². The highest BCUT2D eigenvalue weighted by Gasteiger charge is 2.09. The molecule has 0 fully saturated rings. The second kappa shape index (κ2) is 4.64. The molecule has 0 aliphatic heterocycles. The number of rotatable bonds is 2. The summed E-state index contributed by atoms with van der Waals surface area (Å²) in [6.45, 7) is 3.90. The van der Waals surface area contributed by atoms with Crippen LogP contribution in [-0.4, -0.2) is 0 Å².